The van der Waals surface area contributed by atoms with Crippen molar-refractivity contribution in [2.75, 3.05) is 0 Å². The van der Waals surface area contributed by atoms with E-state index < -0.39 is 0 Å². The quantitative estimate of drug-likeness (QED) is 0.678. The molecule has 18 heavy (non-hydrogen) atoms. The molecule has 0 aromatic carbocycles. The number of hydrogen-bond donors (Lipinski definition) is 0. The highest BCUT2D eigenvalue weighted by atomic mass is 15.3. The molecule has 0 aliphatic rings. The molecule has 3 rings (SSSR count). The van der Waals surface area contributed by atoms with Crippen LogP contribution in [0.2, 0.25) is 0 Å². The third-order valence-electron chi connectivity index (χ3n) is 2.68. The predicted molar refractivity (Wildman–Crippen MR) is 66.1 cm³/mol. The smallest absolute Gasteiger partial charge is 0.147 e. The molecule has 0 saturated heterocycles. The standard InChI is InChI=1S/C12H12N6/c1-9-3-11(10-5-16-17(2)6-10)12(13-4-9)18-7-14-15-8-18/h3-8H,1-2H3. The SMILES string of the molecule is Cc1cnc(-n2cnnc2)c(-c2cnn(C)c2)c1. The largest absolute Gasteiger partial charge is 0.275 e. The van der Waals surface area contributed by atoms with Crippen molar-refractivity contribution in [1.82, 2.24) is 29.5 Å². The fourth-order valence-electron chi connectivity index (χ4n) is 1.85. The molecule has 0 amide bonds. The molecule has 0 aliphatic carbocycles. The van der Waals surface area contributed by atoms with Gasteiger partial charge in [-0.3, -0.25) is 9.25 Å². The van der Waals surface area contributed by atoms with Gasteiger partial charge in [0.2, 0.25) is 0 Å². The summed E-state index contributed by atoms with van der Waals surface area (Å²) in [5.74, 6) is 0.804. The minimum atomic E-state index is 0.804. The zero-order valence-electron chi connectivity index (χ0n) is 10.1. The Balaban J connectivity index is 2.21. The van der Waals surface area contributed by atoms with Gasteiger partial charge in [0.1, 0.15) is 18.5 Å². The van der Waals surface area contributed by atoms with Crippen molar-refractivity contribution in [3.63, 3.8) is 0 Å². The number of aryl methyl sites for hydroxylation is 2. The minimum absolute atomic E-state index is 0.804. The summed E-state index contributed by atoms with van der Waals surface area (Å²) in [5.41, 5.74) is 3.14. The Bertz CT molecular complexity index is 668. The van der Waals surface area contributed by atoms with Crippen molar-refractivity contribution < 1.29 is 0 Å². The van der Waals surface area contributed by atoms with E-state index in [1.54, 1.807) is 21.9 Å². The first-order valence-electron chi connectivity index (χ1n) is 5.55. The zero-order valence-corrected chi connectivity index (χ0v) is 10.1. The van der Waals surface area contributed by atoms with Crippen molar-refractivity contribution >= 4 is 0 Å². The maximum Gasteiger partial charge on any atom is 0.147 e. The average molecular weight is 240 g/mol. The molecular formula is C12H12N6. The summed E-state index contributed by atoms with van der Waals surface area (Å²) in [6.07, 6.45) is 8.89. The molecule has 6 nitrogen and oxygen atoms in total. The van der Waals surface area contributed by atoms with E-state index >= 15 is 0 Å². The first-order valence-corrected chi connectivity index (χ1v) is 5.55. The molecule has 0 bridgehead atoms. The lowest BCUT2D eigenvalue weighted by atomic mass is 10.1. The van der Waals surface area contributed by atoms with Gasteiger partial charge in [-0.2, -0.15) is 5.10 Å². The van der Waals surface area contributed by atoms with E-state index in [4.69, 9.17) is 0 Å². The van der Waals surface area contributed by atoms with Crippen LogP contribution in [0.4, 0.5) is 0 Å². The Hall–Kier alpha value is -2.50. The van der Waals surface area contributed by atoms with Gasteiger partial charge >= 0.3 is 0 Å². The van der Waals surface area contributed by atoms with E-state index in [2.05, 4.69) is 26.3 Å². The number of nitrogens with zero attached hydrogens (tertiary/aromatic N) is 6. The van der Waals surface area contributed by atoms with Gasteiger partial charge in [0, 0.05) is 30.6 Å². The number of rotatable bonds is 2. The van der Waals surface area contributed by atoms with E-state index in [9.17, 15) is 0 Å². The van der Waals surface area contributed by atoms with Gasteiger partial charge in [0.15, 0.2) is 0 Å². The molecule has 0 unspecified atom stereocenters. The van der Waals surface area contributed by atoms with Gasteiger partial charge in [-0.05, 0) is 18.6 Å². The van der Waals surface area contributed by atoms with Crippen molar-refractivity contribution in [2.45, 2.75) is 6.92 Å². The first-order chi connectivity index (χ1) is 8.74. The summed E-state index contributed by atoms with van der Waals surface area (Å²) in [6, 6.07) is 2.08. The molecule has 0 fully saturated rings. The molecular weight excluding hydrogens is 228 g/mol. The molecule has 3 aromatic rings. The third kappa shape index (κ3) is 1.77. The molecule has 0 atom stereocenters. The van der Waals surface area contributed by atoms with E-state index in [0.29, 0.717) is 0 Å². The van der Waals surface area contributed by atoms with Gasteiger partial charge < -0.3 is 0 Å². The summed E-state index contributed by atoms with van der Waals surface area (Å²) in [4.78, 5) is 4.45. The van der Waals surface area contributed by atoms with Crippen LogP contribution in [0.5, 0.6) is 0 Å². The van der Waals surface area contributed by atoms with Crippen LogP contribution in [-0.2, 0) is 7.05 Å². The van der Waals surface area contributed by atoms with Crippen LogP contribution in [0.1, 0.15) is 5.56 Å². The Labute approximate surface area is 104 Å². The van der Waals surface area contributed by atoms with Crippen molar-refractivity contribution in [1.29, 1.82) is 0 Å². The van der Waals surface area contributed by atoms with E-state index in [1.165, 1.54) is 0 Å². The topological polar surface area (TPSA) is 61.4 Å². The summed E-state index contributed by atoms with van der Waals surface area (Å²) in [6.45, 7) is 2.02. The molecule has 3 heterocycles. The van der Waals surface area contributed by atoms with Crippen LogP contribution in [0.25, 0.3) is 16.9 Å². The van der Waals surface area contributed by atoms with Gasteiger partial charge in [0.25, 0.3) is 0 Å². The van der Waals surface area contributed by atoms with Crippen molar-refractivity contribution in [2.24, 2.45) is 7.05 Å². The van der Waals surface area contributed by atoms with Crippen LogP contribution < -0.4 is 0 Å². The molecule has 6 heteroatoms. The zero-order chi connectivity index (χ0) is 12.5. The van der Waals surface area contributed by atoms with Crippen molar-refractivity contribution in [3.05, 3.63) is 42.9 Å². The summed E-state index contributed by atoms with van der Waals surface area (Å²) < 4.78 is 3.56. The van der Waals surface area contributed by atoms with Crippen LogP contribution in [0, 0.1) is 6.92 Å². The number of aromatic nitrogens is 6. The molecule has 0 saturated carbocycles. The number of hydrogen-bond acceptors (Lipinski definition) is 4. The molecule has 0 N–H and O–H groups in total. The lowest BCUT2D eigenvalue weighted by molar-refractivity contribution is 0.768. The summed E-state index contributed by atoms with van der Waals surface area (Å²) in [7, 11) is 1.89. The highest BCUT2D eigenvalue weighted by Gasteiger charge is 2.10. The summed E-state index contributed by atoms with van der Waals surface area (Å²) >= 11 is 0. The second-order valence-electron chi connectivity index (χ2n) is 4.16. The molecule has 0 spiro atoms. The van der Waals surface area contributed by atoms with Gasteiger partial charge in [-0.15, -0.1) is 10.2 Å². The fraction of sp³-hybridized carbons (Fsp3) is 0.167. The van der Waals surface area contributed by atoms with Crippen LogP contribution in [0.3, 0.4) is 0 Å². The highest BCUT2D eigenvalue weighted by Crippen LogP contribution is 2.25. The molecule has 3 aromatic heterocycles. The number of pyridine rings is 1. The normalized spacial score (nSPS) is 10.8. The Morgan fingerprint density at radius 1 is 1.11 bits per heavy atom. The molecule has 0 radical (unpaired) electrons. The van der Waals surface area contributed by atoms with Crippen molar-refractivity contribution in [3.8, 4) is 16.9 Å². The van der Waals surface area contributed by atoms with Gasteiger partial charge in [0.05, 0.1) is 6.20 Å². The van der Waals surface area contributed by atoms with Crippen LogP contribution >= 0.6 is 0 Å². The first kappa shape index (κ1) is 10.6. The van der Waals surface area contributed by atoms with E-state index in [-0.39, 0.29) is 0 Å². The second-order valence-corrected chi connectivity index (χ2v) is 4.16. The predicted octanol–water partition coefficient (Wildman–Crippen LogP) is 1.37. The highest BCUT2D eigenvalue weighted by molar-refractivity contribution is 5.70. The lowest BCUT2D eigenvalue weighted by Crippen LogP contribution is -1.98. The molecule has 0 aliphatic heterocycles. The lowest BCUT2D eigenvalue weighted by Gasteiger charge is -2.07. The van der Waals surface area contributed by atoms with E-state index in [1.807, 2.05) is 32.6 Å². The third-order valence-corrected chi connectivity index (χ3v) is 2.68. The molecule has 90 valence electrons. The summed E-state index contributed by atoms with van der Waals surface area (Å²) in [5, 5.41) is 11.8. The second kappa shape index (κ2) is 4.06. The van der Waals surface area contributed by atoms with Crippen LogP contribution in [0.15, 0.2) is 37.3 Å². The monoisotopic (exact) mass is 240 g/mol. The Morgan fingerprint density at radius 3 is 2.56 bits per heavy atom. The average Bonchev–Trinajstić information content (AvgIpc) is 2.99. The Morgan fingerprint density at radius 2 is 1.89 bits per heavy atom. The van der Waals surface area contributed by atoms with Crippen LogP contribution in [-0.4, -0.2) is 29.5 Å². The van der Waals surface area contributed by atoms with Gasteiger partial charge in [-0.1, -0.05) is 0 Å². The van der Waals surface area contributed by atoms with Gasteiger partial charge in [-0.25, -0.2) is 4.98 Å². The maximum absolute atomic E-state index is 4.45. The fourth-order valence-corrected chi connectivity index (χ4v) is 1.85. The van der Waals surface area contributed by atoms with E-state index in [0.717, 1.165) is 22.5 Å². The minimum Gasteiger partial charge on any atom is -0.275 e. The maximum atomic E-state index is 4.45. The Kier molecular flexibility index (Phi) is 2.40.